The van der Waals surface area contributed by atoms with Crippen molar-refractivity contribution in [2.75, 3.05) is 36.0 Å². The number of anilines is 2. The van der Waals surface area contributed by atoms with E-state index < -0.39 is 5.97 Å². The van der Waals surface area contributed by atoms with Gasteiger partial charge >= 0.3 is 5.97 Å². The summed E-state index contributed by atoms with van der Waals surface area (Å²) in [5.41, 5.74) is 0. The van der Waals surface area contributed by atoms with Crippen molar-refractivity contribution in [2.45, 2.75) is 32.6 Å². The number of carboxylic acids is 1. The zero-order valence-corrected chi connectivity index (χ0v) is 13.1. The van der Waals surface area contributed by atoms with Gasteiger partial charge in [0.25, 0.3) is 0 Å². The molecule has 0 aromatic carbocycles. The van der Waals surface area contributed by atoms with Gasteiger partial charge < -0.3 is 14.9 Å². The van der Waals surface area contributed by atoms with Crippen molar-refractivity contribution < 1.29 is 9.90 Å². The number of hydrogen-bond donors (Lipinski definition) is 1. The van der Waals surface area contributed by atoms with Crippen molar-refractivity contribution in [3.8, 4) is 0 Å². The van der Waals surface area contributed by atoms with Gasteiger partial charge in [-0.05, 0) is 43.7 Å². The summed E-state index contributed by atoms with van der Waals surface area (Å²) in [5.74, 6) is 1.52. The molecule has 120 valence electrons. The van der Waals surface area contributed by atoms with E-state index in [1.165, 1.54) is 12.8 Å². The van der Waals surface area contributed by atoms with Crippen LogP contribution in [0.3, 0.4) is 0 Å². The smallest absolute Gasteiger partial charge is 0.308 e. The molecule has 0 bridgehead atoms. The van der Waals surface area contributed by atoms with Crippen LogP contribution < -0.4 is 9.80 Å². The summed E-state index contributed by atoms with van der Waals surface area (Å²) in [4.78, 5) is 15.5. The van der Waals surface area contributed by atoms with Crippen LogP contribution in [0.1, 0.15) is 32.6 Å². The molecule has 3 heterocycles. The molecule has 0 radical (unpaired) electrons. The summed E-state index contributed by atoms with van der Waals surface area (Å²) < 4.78 is 0. The fourth-order valence-electron chi connectivity index (χ4n) is 3.28. The van der Waals surface area contributed by atoms with Crippen LogP contribution in [-0.4, -0.2) is 47.5 Å². The van der Waals surface area contributed by atoms with Gasteiger partial charge in [-0.15, -0.1) is 10.2 Å². The summed E-state index contributed by atoms with van der Waals surface area (Å²) in [5, 5.41) is 17.9. The van der Waals surface area contributed by atoms with Crippen molar-refractivity contribution in [3.05, 3.63) is 12.1 Å². The minimum absolute atomic E-state index is 0.293. The van der Waals surface area contributed by atoms with E-state index in [0.29, 0.717) is 6.54 Å². The monoisotopic (exact) mass is 304 g/mol. The number of aromatic nitrogens is 2. The molecule has 22 heavy (non-hydrogen) atoms. The first-order chi connectivity index (χ1) is 10.6. The topological polar surface area (TPSA) is 69.6 Å². The highest BCUT2D eigenvalue weighted by Gasteiger charge is 2.26. The molecule has 1 N–H and O–H groups in total. The lowest BCUT2D eigenvalue weighted by Crippen LogP contribution is -2.39. The molecule has 0 aliphatic carbocycles. The van der Waals surface area contributed by atoms with E-state index in [1.54, 1.807) is 0 Å². The van der Waals surface area contributed by atoms with Crippen LogP contribution >= 0.6 is 0 Å². The minimum atomic E-state index is -0.711. The Kier molecular flexibility index (Phi) is 4.45. The summed E-state index contributed by atoms with van der Waals surface area (Å²) in [6, 6.07) is 3.99. The van der Waals surface area contributed by atoms with E-state index in [-0.39, 0.29) is 5.92 Å². The van der Waals surface area contributed by atoms with Crippen molar-refractivity contribution in [2.24, 2.45) is 11.8 Å². The first kappa shape index (κ1) is 15.1. The standard InChI is InChI=1S/C16H24N4O2/c1-12-6-9-19(10-7-12)14-4-5-15(18-17-14)20-8-2-3-13(11-20)16(21)22/h4-5,12-13H,2-3,6-11H2,1H3,(H,21,22)/t13-/m0/s1. The van der Waals surface area contributed by atoms with Crippen molar-refractivity contribution in [3.63, 3.8) is 0 Å². The molecule has 2 fully saturated rings. The molecule has 1 aromatic rings. The van der Waals surface area contributed by atoms with Gasteiger partial charge in [0.2, 0.25) is 0 Å². The van der Waals surface area contributed by atoms with Crippen LogP contribution in [0.2, 0.25) is 0 Å². The second-order valence-corrected chi connectivity index (χ2v) is 6.54. The highest BCUT2D eigenvalue weighted by molar-refractivity contribution is 5.71. The number of aliphatic carboxylic acids is 1. The van der Waals surface area contributed by atoms with Gasteiger partial charge in [-0.25, -0.2) is 0 Å². The first-order valence-electron chi connectivity index (χ1n) is 8.20. The van der Waals surface area contributed by atoms with Gasteiger partial charge in [0.15, 0.2) is 11.6 Å². The molecule has 0 unspecified atom stereocenters. The minimum Gasteiger partial charge on any atom is -0.481 e. The normalized spacial score (nSPS) is 23.6. The highest BCUT2D eigenvalue weighted by atomic mass is 16.4. The fraction of sp³-hybridized carbons (Fsp3) is 0.688. The Morgan fingerprint density at radius 2 is 1.73 bits per heavy atom. The summed E-state index contributed by atoms with van der Waals surface area (Å²) in [7, 11) is 0. The van der Waals surface area contributed by atoms with E-state index in [9.17, 15) is 4.79 Å². The van der Waals surface area contributed by atoms with E-state index in [4.69, 9.17) is 5.11 Å². The molecular formula is C16H24N4O2. The quantitative estimate of drug-likeness (QED) is 0.921. The van der Waals surface area contributed by atoms with Crippen molar-refractivity contribution >= 4 is 17.6 Å². The molecule has 3 rings (SSSR count). The van der Waals surface area contributed by atoms with Gasteiger partial charge in [0.1, 0.15) is 0 Å². The summed E-state index contributed by atoms with van der Waals surface area (Å²) in [6.07, 6.45) is 4.05. The number of piperidine rings is 2. The second-order valence-electron chi connectivity index (χ2n) is 6.54. The Morgan fingerprint density at radius 1 is 1.09 bits per heavy atom. The van der Waals surface area contributed by atoms with Crippen LogP contribution in [0.4, 0.5) is 11.6 Å². The molecule has 2 saturated heterocycles. The van der Waals surface area contributed by atoms with Crippen molar-refractivity contribution in [1.82, 2.24) is 10.2 Å². The average molecular weight is 304 g/mol. The zero-order chi connectivity index (χ0) is 15.5. The number of carbonyl (C=O) groups is 1. The first-order valence-corrected chi connectivity index (χ1v) is 8.20. The Labute approximate surface area is 131 Å². The lowest BCUT2D eigenvalue weighted by Gasteiger charge is -2.32. The molecular weight excluding hydrogens is 280 g/mol. The van der Waals surface area contributed by atoms with Gasteiger partial charge in [-0.2, -0.15) is 0 Å². The molecule has 0 amide bonds. The third-order valence-corrected chi connectivity index (χ3v) is 4.84. The second kappa shape index (κ2) is 6.50. The van der Waals surface area contributed by atoms with E-state index in [1.807, 2.05) is 17.0 Å². The van der Waals surface area contributed by atoms with Crippen molar-refractivity contribution in [1.29, 1.82) is 0 Å². The maximum atomic E-state index is 11.1. The lowest BCUT2D eigenvalue weighted by molar-refractivity contribution is -0.141. The number of hydrogen-bond acceptors (Lipinski definition) is 5. The Bertz CT molecular complexity index is 511. The van der Waals surface area contributed by atoms with Crippen LogP contribution in [0.25, 0.3) is 0 Å². The molecule has 1 atom stereocenters. The van der Waals surface area contributed by atoms with Crippen LogP contribution in [0.5, 0.6) is 0 Å². The largest absolute Gasteiger partial charge is 0.481 e. The molecule has 0 spiro atoms. The van der Waals surface area contributed by atoms with Crippen LogP contribution in [0.15, 0.2) is 12.1 Å². The van der Waals surface area contributed by atoms with E-state index in [2.05, 4.69) is 22.0 Å². The molecule has 2 aliphatic rings. The van der Waals surface area contributed by atoms with Crippen LogP contribution in [0, 0.1) is 11.8 Å². The molecule has 6 heteroatoms. The Balaban J connectivity index is 1.65. The third kappa shape index (κ3) is 3.31. The number of rotatable bonds is 3. The van der Waals surface area contributed by atoms with Crippen LogP contribution in [-0.2, 0) is 4.79 Å². The Hall–Kier alpha value is -1.85. The third-order valence-electron chi connectivity index (χ3n) is 4.84. The van der Waals surface area contributed by atoms with Gasteiger partial charge in [-0.1, -0.05) is 6.92 Å². The molecule has 2 aliphatic heterocycles. The van der Waals surface area contributed by atoms with E-state index >= 15 is 0 Å². The number of nitrogens with zero attached hydrogens (tertiary/aromatic N) is 4. The molecule has 1 aromatic heterocycles. The Morgan fingerprint density at radius 3 is 2.32 bits per heavy atom. The average Bonchev–Trinajstić information content (AvgIpc) is 2.56. The van der Waals surface area contributed by atoms with Gasteiger partial charge in [0.05, 0.1) is 5.92 Å². The summed E-state index contributed by atoms with van der Waals surface area (Å²) >= 11 is 0. The fourth-order valence-corrected chi connectivity index (χ4v) is 3.28. The van der Waals surface area contributed by atoms with Gasteiger partial charge in [-0.3, -0.25) is 4.79 Å². The lowest BCUT2D eigenvalue weighted by atomic mass is 9.98. The van der Waals surface area contributed by atoms with E-state index in [0.717, 1.165) is 50.0 Å². The SMILES string of the molecule is CC1CCN(c2ccc(N3CCC[C@H](C(=O)O)C3)nn2)CC1. The number of carboxylic acid groups (broad SMARTS) is 1. The molecule has 0 saturated carbocycles. The highest BCUT2D eigenvalue weighted by Crippen LogP contribution is 2.24. The predicted octanol–water partition coefficient (Wildman–Crippen LogP) is 2.01. The predicted molar refractivity (Wildman–Crippen MR) is 85.2 cm³/mol. The summed E-state index contributed by atoms with van der Waals surface area (Å²) in [6.45, 7) is 5.77. The maximum absolute atomic E-state index is 11.1. The molecule has 6 nitrogen and oxygen atoms in total. The zero-order valence-electron chi connectivity index (χ0n) is 13.1. The van der Waals surface area contributed by atoms with Gasteiger partial charge in [0, 0.05) is 26.2 Å². The maximum Gasteiger partial charge on any atom is 0.308 e.